The van der Waals surface area contributed by atoms with Crippen LogP contribution in [0, 0.1) is 5.41 Å². The minimum absolute atomic E-state index is 0.0329. The highest BCUT2D eigenvalue weighted by molar-refractivity contribution is 9.10. The fourth-order valence-electron chi connectivity index (χ4n) is 1.01. The lowest BCUT2D eigenvalue weighted by molar-refractivity contribution is -0.310. The Morgan fingerprint density at radius 1 is 1.12 bits per heavy atom. The van der Waals surface area contributed by atoms with E-state index in [1.54, 1.807) is 0 Å². The van der Waals surface area contributed by atoms with Gasteiger partial charge in [0.25, 0.3) is 0 Å². The Morgan fingerprint density at radius 3 is 2.06 bits per heavy atom. The molecular weight excluding hydrogens is 268 g/mol. The van der Waals surface area contributed by atoms with Crippen LogP contribution < -0.4 is 0 Å². The summed E-state index contributed by atoms with van der Waals surface area (Å²) in [5, 5.41) is 0. The first-order valence-corrected chi connectivity index (χ1v) is 6.49. The van der Waals surface area contributed by atoms with Crippen LogP contribution in [0.1, 0.15) is 47.5 Å². The Hall–Kier alpha value is 0.140. The van der Waals surface area contributed by atoms with Crippen molar-refractivity contribution in [1.82, 2.24) is 0 Å². The van der Waals surface area contributed by atoms with Crippen molar-refractivity contribution >= 4 is 15.9 Å². The third-order valence-corrected chi connectivity index (χ3v) is 2.39. The summed E-state index contributed by atoms with van der Waals surface area (Å²) in [5.74, 6) is 0. The van der Waals surface area contributed by atoms with Crippen LogP contribution in [0.2, 0.25) is 0 Å². The maximum absolute atomic E-state index is 5.25. The number of rotatable bonds is 8. The average Bonchev–Trinajstić information content (AvgIpc) is 2.08. The molecule has 0 amide bonds. The monoisotopic (exact) mass is 292 g/mol. The molecule has 0 fully saturated rings. The number of hydrogen-bond donors (Lipinski definition) is 0. The van der Waals surface area contributed by atoms with E-state index in [9.17, 15) is 0 Å². The molecule has 2 nitrogen and oxygen atoms in total. The van der Waals surface area contributed by atoms with Gasteiger partial charge in [-0.25, -0.2) is 9.78 Å². The molecule has 96 valence electrons. The Balaban J connectivity index is 3.69. The molecule has 0 aromatic rings. The fourth-order valence-corrected chi connectivity index (χ4v) is 1.10. The van der Waals surface area contributed by atoms with Gasteiger partial charge in [-0.3, -0.25) is 0 Å². The Labute approximate surface area is 108 Å². The molecule has 0 heterocycles. The van der Waals surface area contributed by atoms with Crippen LogP contribution in [0.15, 0.2) is 12.2 Å². The molecule has 0 saturated carbocycles. The third-order valence-electron chi connectivity index (χ3n) is 2.16. The molecule has 0 spiro atoms. The van der Waals surface area contributed by atoms with E-state index < -0.39 is 0 Å². The maximum atomic E-state index is 5.25. The smallest absolute Gasteiger partial charge is 0.0970 e. The van der Waals surface area contributed by atoms with Crippen molar-refractivity contribution in [3.05, 3.63) is 12.2 Å². The predicted molar refractivity (Wildman–Crippen MR) is 72.7 cm³/mol. The van der Waals surface area contributed by atoms with Crippen LogP contribution in [-0.4, -0.2) is 17.5 Å². The van der Waals surface area contributed by atoms with Crippen LogP contribution in [0.3, 0.4) is 0 Å². The van der Waals surface area contributed by atoms with E-state index in [-0.39, 0.29) is 9.74 Å². The molecule has 0 atom stereocenters. The van der Waals surface area contributed by atoms with Gasteiger partial charge in [0, 0.05) is 4.32 Å². The summed E-state index contributed by atoms with van der Waals surface area (Å²) in [5.41, 5.74) is 1.35. The number of allylic oxidation sites excluding steroid dienone is 1. The lowest BCUT2D eigenvalue weighted by atomic mass is 9.88. The second kappa shape index (κ2) is 6.77. The van der Waals surface area contributed by atoms with E-state index in [1.165, 1.54) is 5.57 Å². The van der Waals surface area contributed by atoms with E-state index in [1.807, 2.05) is 13.8 Å². The highest BCUT2D eigenvalue weighted by Gasteiger charge is 2.19. The summed E-state index contributed by atoms with van der Waals surface area (Å²) in [4.78, 5) is 10.4. The van der Waals surface area contributed by atoms with Crippen LogP contribution in [0.25, 0.3) is 0 Å². The van der Waals surface area contributed by atoms with E-state index in [4.69, 9.17) is 9.78 Å². The molecule has 0 unspecified atom stereocenters. The molecule has 0 aromatic heterocycles. The summed E-state index contributed by atoms with van der Waals surface area (Å²) in [6, 6.07) is 0. The first-order valence-electron chi connectivity index (χ1n) is 5.70. The van der Waals surface area contributed by atoms with Crippen molar-refractivity contribution in [2.24, 2.45) is 5.41 Å². The van der Waals surface area contributed by atoms with Crippen LogP contribution in [0.5, 0.6) is 0 Å². The predicted octanol–water partition coefficient (Wildman–Crippen LogP) is 4.49. The van der Waals surface area contributed by atoms with Gasteiger partial charge in [0.1, 0.15) is 0 Å². The molecule has 0 N–H and O–H groups in total. The molecule has 0 saturated heterocycles. The minimum Gasteiger partial charge on any atom is -0.236 e. The van der Waals surface area contributed by atoms with Gasteiger partial charge >= 0.3 is 0 Å². The van der Waals surface area contributed by atoms with E-state index in [2.05, 4.69) is 43.3 Å². The molecule has 0 rings (SSSR count). The summed E-state index contributed by atoms with van der Waals surface area (Å²) in [7, 11) is 0. The lowest BCUT2D eigenvalue weighted by Crippen LogP contribution is -2.23. The van der Waals surface area contributed by atoms with E-state index in [0.717, 1.165) is 12.8 Å². The van der Waals surface area contributed by atoms with Gasteiger partial charge in [0.2, 0.25) is 0 Å². The summed E-state index contributed by atoms with van der Waals surface area (Å²) >= 11 is 3.49. The van der Waals surface area contributed by atoms with Gasteiger partial charge in [0.15, 0.2) is 0 Å². The average molecular weight is 293 g/mol. The molecular formula is C13H25BrO2. The maximum Gasteiger partial charge on any atom is 0.0970 e. The minimum atomic E-state index is -0.0329. The highest BCUT2D eigenvalue weighted by Crippen LogP contribution is 2.25. The van der Waals surface area contributed by atoms with Crippen molar-refractivity contribution in [3.63, 3.8) is 0 Å². The normalized spacial score (nSPS) is 12.9. The largest absolute Gasteiger partial charge is 0.236 e. The van der Waals surface area contributed by atoms with E-state index >= 15 is 0 Å². The van der Waals surface area contributed by atoms with Gasteiger partial charge in [-0.1, -0.05) is 35.4 Å². The van der Waals surface area contributed by atoms with Crippen LogP contribution in [0.4, 0.5) is 0 Å². The summed E-state index contributed by atoms with van der Waals surface area (Å²) in [6.45, 7) is 15.6. The van der Waals surface area contributed by atoms with Crippen molar-refractivity contribution < 1.29 is 9.78 Å². The van der Waals surface area contributed by atoms with Crippen molar-refractivity contribution in [2.45, 2.75) is 51.8 Å². The van der Waals surface area contributed by atoms with Gasteiger partial charge < -0.3 is 0 Å². The van der Waals surface area contributed by atoms with Crippen molar-refractivity contribution in [3.8, 4) is 0 Å². The first-order chi connectivity index (χ1) is 7.12. The molecule has 0 aromatic carbocycles. The first kappa shape index (κ1) is 16.1. The standard InChI is InChI=1S/C13H25BrO2/c1-11(2)7-8-12(3,4)9-15-16-10-13(5,6)14/h1,7-10H2,2-6H3. The van der Waals surface area contributed by atoms with Crippen LogP contribution >= 0.6 is 15.9 Å². The molecule has 3 heteroatoms. The molecule has 16 heavy (non-hydrogen) atoms. The lowest BCUT2D eigenvalue weighted by Gasteiger charge is -2.24. The second-order valence-electron chi connectivity index (χ2n) is 5.86. The second-order valence-corrected chi connectivity index (χ2v) is 8.01. The third kappa shape index (κ3) is 10.7. The zero-order valence-corrected chi connectivity index (χ0v) is 12.8. The summed E-state index contributed by atoms with van der Waals surface area (Å²) < 4.78 is -0.0329. The Morgan fingerprint density at radius 2 is 1.62 bits per heavy atom. The summed E-state index contributed by atoms with van der Waals surface area (Å²) in [6.07, 6.45) is 2.11. The number of halogens is 1. The van der Waals surface area contributed by atoms with Crippen LogP contribution in [-0.2, 0) is 9.78 Å². The molecule has 0 bridgehead atoms. The quantitative estimate of drug-likeness (QED) is 0.216. The zero-order chi connectivity index (χ0) is 12.8. The SMILES string of the molecule is C=C(C)CCC(C)(C)COOCC(C)(C)Br. The zero-order valence-electron chi connectivity index (χ0n) is 11.2. The molecule has 0 aliphatic rings. The highest BCUT2D eigenvalue weighted by atomic mass is 79.9. The Bertz CT molecular complexity index is 216. The molecule has 0 aliphatic carbocycles. The van der Waals surface area contributed by atoms with E-state index in [0.29, 0.717) is 13.2 Å². The van der Waals surface area contributed by atoms with Gasteiger partial charge in [-0.2, -0.15) is 0 Å². The number of hydrogen-bond acceptors (Lipinski definition) is 2. The molecule has 0 aliphatic heterocycles. The molecule has 0 radical (unpaired) electrons. The van der Waals surface area contributed by atoms with Crippen molar-refractivity contribution in [1.29, 1.82) is 0 Å². The van der Waals surface area contributed by atoms with Gasteiger partial charge in [-0.15, -0.1) is 6.58 Å². The number of alkyl halides is 1. The van der Waals surface area contributed by atoms with Crippen molar-refractivity contribution in [2.75, 3.05) is 13.2 Å². The fraction of sp³-hybridized carbons (Fsp3) is 0.846. The van der Waals surface area contributed by atoms with Gasteiger partial charge in [-0.05, 0) is 39.0 Å². The van der Waals surface area contributed by atoms with Gasteiger partial charge in [0.05, 0.1) is 13.2 Å². The topological polar surface area (TPSA) is 18.5 Å². The Kier molecular flexibility index (Phi) is 6.83.